The number of hydrogen-bond acceptors (Lipinski definition) is 3. The molecule has 3 aromatic rings. The molecule has 0 bridgehead atoms. The third-order valence-corrected chi connectivity index (χ3v) is 8.86. The Kier molecular flexibility index (Phi) is 7.36. The van der Waals surface area contributed by atoms with Crippen LogP contribution in [-0.4, -0.2) is 32.3 Å². The highest BCUT2D eigenvalue weighted by Crippen LogP contribution is 2.50. The van der Waals surface area contributed by atoms with Crippen LogP contribution < -0.4 is 9.80 Å². The fourth-order valence-electron chi connectivity index (χ4n) is 6.77. The molecular weight excluding hydrogens is 452 g/mol. The van der Waals surface area contributed by atoms with E-state index in [1.807, 2.05) is 0 Å². The zero-order valence-electron chi connectivity index (χ0n) is 22.2. The van der Waals surface area contributed by atoms with Crippen molar-refractivity contribution in [3.63, 3.8) is 0 Å². The van der Waals surface area contributed by atoms with Crippen molar-refractivity contribution in [3.8, 4) is 0 Å². The molecule has 2 aliphatic heterocycles. The number of benzene rings is 3. The second-order valence-corrected chi connectivity index (χ2v) is 11.5. The van der Waals surface area contributed by atoms with Crippen molar-refractivity contribution in [2.75, 3.05) is 36.0 Å². The maximum Gasteiger partial charge on any atom is 0.0720 e. The molecule has 2 heterocycles. The highest BCUT2D eigenvalue weighted by atomic mass is 16.5. The number of nitrogens with zero attached hydrogens (tertiary/aromatic N) is 2. The van der Waals surface area contributed by atoms with Gasteiger partial charge < -0.3 is 14.5 Å². The van der Waals surface area contributed by atoms with Gasteiger partial charge in [-0.25, -0.2) is 0 Å². The van der Waals surface area contributed by atoms with Crippen molar-refractivity contribution < 1.29 is 4.74 Å². The molecule has 0 spiro atoms. The van der Waals surface area contributed by atoms with Crippen LogP contribution >= 0.6 is 0 Å². The van der Waals surface area contributed by atoms with Crippen LogP contribution in [0, 0.1) is 0 Å². The van der Waals surface area contributed by atoms with Gasteiger partial charge >= 0.3 is 0 Å². The predicted molar refractivity (Wildman–Crippen MR) is 157 cm³/mol. The molecule has 0 radical (unpaired) electrons. The topological polar surface area (TPSA) is 15.7 Å². The van der Waals surface area contributed by atoms with Gasteiger partial charge in [0, 0.05) is 48.9 Å². The second kappa shape index (κ2) is 10.5. The van der Waals surface area contributed by atoms with Crippen molar-refractivity contribution in [3.05, 3.63) is 94.5 Å². The van der Waals surface area contributed by atoms with Gasteiger partial charge in [-0.15, -0.1) is 0 Å². The van der Waals surface area contributed by atoms with Crippen molar-refractivity contribution in [2.45, 2.75) is 77.9 Å². The summed E-state index contributed by atoms with van der Waals surface area (Å²) in [5.41, 5.74) is 9.76. The largest absolute Gasteiger partial charge is 0.373 e. The molecule has 0 amide bonds. The summed E-state index contributed by atoms with van der Waals surface area (Å²) in [6.07, 6.45) is 5.28. The molecule has 0 N–H and O–H groups in total. The van der Waals surface area contributed by atoms with Gasteiger partial charge in [-0.05, 0) is 84.7 Å². The van der Waals surface area contributed by atoms with E-state index in [-0.39, 0.29) is 24.9 Å². The summed E-state index contributed by atoms with van der Waals surface area (Å²) in [7, 11) is 0. The van der Waals surface area contributed by atoms with Crippen molar-refractivity contribution in [1.29, 1.82) is 0 Å². The van der Waals surface area contributed by atoms with E-state index in [1.54, 1.807) is 0 Å². The van der Waals surface area contributed by atoms with E-state index >= 15 is 0 Å². The number of fused-ring (bicyclic) bond motifs is 2. The SMILES string of the molecule is C.CC(OCc1ccccc1)C1c2ccc(N3CCCC3)cc2C(C)(C)c2cc(N3CCCC3)ccc21. The molecule has 3 aliphatic rings. The average molecular weight is 497 g/mol. The highest BCUT2D eigenvalue weighted by Gasteiger charge is 2.40. The molecule has 1 aliphatic carbocycles. The normalized spacial score (nSPS) is 19.3. The van der Waals surface area contributed by atoms with Crippen LogP contribution in [0.1, 0.15) is 87.6 Å². The summed E-state index contributed by atoms with van der Waals surface area (Å²) in [6, 6.07) is 25.1. The molecular formula is C34H44N2O. The van der Waals surface area contributed by atoms with Crippen LogP contribution in [-0.2, 0) is 16.8 Å². The maximum absolute atomic E-state index is 6.59. The standard InChI is InChI=1S/C33H40N2O.CH4/c1-24(36-23-25-11-5-4-6-12-25)32-28-15-13-26(34-17-7-8-18-34)21-30(28)33(2,3)31-22-27(14-16-29(31)32)35-19-9-10-20-35;/h4-6,11-16,21-22,24,32H,7-10,17-20,23H2,1-3H3;1H4. The molecule has 2 fully saturated rings. The first-order valence-electron chi connectivity index (χ1n) is 14.0. The molecule has 0 saturated carbocycles. The van der Waals surface area contributed by atoms with Crippen LogP contribution in [0.25, 0.3) is 0 Å². The Morgan fingerprint density at radius 2 is 1.24 bits per heavy atom. The van der Waals surface area contributed by atoms with E-state index in [0.29, 0.717) is 6.61 Å². The van der Waals surface area contributed by atoms with E-state index < -0.39 is 0 Å². The summed E-state index contributed by atoms with van der Waals surface area (Å²) in [4.78, 5) is 5.13. The average Bonchev–Trinajstić information content (AvgIpc) is 3.63. The van der Waals surface area contributed by atoms with E-state index in [2.05, 4.69) is 97.3 Å². The summed E-state index contributed by atoms with van der Waals surface area (Å²) in [6.45, 7) is 12.5. The molecule has 37 heavy (non-hydrogen) atoms. The smallest absolute Gasteiger partial charge is 0.0720 e. The van der Waals surface area contributed by atoms with Gasteiger partial charge in [-0.2, -0.15) is 0 Å². The quantitative estimate of drug-likeness (QED) is 0.345. The molecule has 3 nitrogen and oxygen atoms in total. The van der Waals surface area contributed by atoms with Crippen molar-refractivity contribution in [1.82, 2.24) is 0 Å². The molecule has 3 aromatic carbocycles. The number of ether oxygens (including phenoxy) is 1. The molecule has 6 rings (SSSR count). The Balaban J connectivity index is 0.00000280. The Labute approximate surface area is 224 Å². The zero-order chi connectivity index (χ0) is 24.7. The maximum atomic E-state index is 6.59. The zero-order valence-corrected chi connectivity index (χ0v) is 22.2. The molecule has 0 aromatic heterocycles. The van der Waals surface area contributed by atoms with Gasteiger partial charge in [0.25, 0.3) is 0 Å². The van der Waals surface area contributed by atoms with Crippen LogP contribution in [0.3, 0.4) is 0 Å². The Morgan fingerprint density at radius 3 is 1.73 bits per heavy atom. The number of hydrogen-bond donors (Lipinski definition) is 0. The molecule has 2 saturated heterocycles. The van der Waals surface area contributed by atoms with Gasteiger partial charge in [0.15, 0.2) is 0 Å². The first-order chi connectivity index (χ1) is 17.5. The Morgan fingerprint density at radius 1 is 0.757 bits per heavy atom. The lowest BCUT2D eigenvalue weighted by Crippen LogP contribution is -2.34. The van der Waals surface area contributed by atoms with Crippen LogP contribution in [0.4, 0.5) is 11.4 Å². The minimum Gasteiger partial charge on any atom is -0.373 e. The molecule has 196 valence electrons. The third kappa shape index (κ3) is 4.79. The van der Waals surface area contributed by atoms with Crippen LogP contribution in [0.2, 0.25) is 0 Å². The summed E-state index contributed by atoms with van der Waals surface area (Å²) < 4.78 is 6.59. The summed E-state index contributed by atoms with van der Waals surface area (Å²) in [5.74, 6) is 0.229. The van der Waals surface area contributed by atoms with E-state index in [1.165, 1.54) is 91.1 Å². The summed E-state index contributed by atoms with van der Waals surface area (Å²) in [5, 5.41) is 0. The van der Waals surface area contributed by atoms with Gasteiger partial charge in [-0.1, -0.05) is 63.7 Å². The van der Waals surface area contributed by atoms with Crippen LogP contribution in [0.15, 0.2) is 66.7 Å². The molecule has 1 atom stereocenters. The first-order valence-corrected chi connectivity index (χ1v) is 14.0. The fraction of sp³-hybridized carbons (Fsp3) is 0.471. The molecule has 3 heteroatoms. The van der Waals surface area contributed by atoms with E-state index in [9.17, 15) is 0 Å². The fourth-order valence-corrected chi connectivity index (χ4v) is 6.77. The van der Waals surface area contributed by atoms with Crippen molar-refractivity contribution >= 4 is 11.4 Å². The lowest BCUT2D eigenvalue weighted by atomic mass is 9.64. The minimum atomic E-state index is -0.0498. The Hall–Kier alpha value is -2.78. The monoisotopic (exact) mass is 496 g/mol. The van der Waals surface area contributed by atoms with Gasteiger partial charge in [0.05, 0.1) is 12.7 Å². The third-order valence-electron chi connectivity index (χ3n) is 8.86. The highest BCUT2D eigenvalue weighted by molar-refractivity contribution is 5.65. The van der Waals surface area contributed by atoms with Gasteiger partial charge in [-0.3, -0.25) is 0 Å². The Bertz CT molecular complexity index is 1140. The number of rotatable bonds is 6. The van der Waals surface area contributed by atoms with Gasteiger partial charge in [0.2, 0.25) is 0 Å². The lowest BCUT2D eigenvalue weighted by Gasteiger charge is -2.42. The second-order valence-electron chi connectivity index (χ2n) is 11.5. The van der Waals surface area contributed by atoms with E-state index in [0.717, 1.165) is 0 Å². The minimum absolute atomic E-state index is 0. The summed E-state index contributed by atoms with van der Waals surface area (Å²) >= 11 is 0. The number of anilines is 2. The van der Waals surface area contributed by atoms with Gasteiger partial charge in [0.1, 0.15) is 0 Å². The van der Waals surface area contributed by atoms with Crippen molar-refractivity contribution in [2.24, 2.45) is 0 Å². The predicted octanol–water partition coefficient (Wildman–Crippen LogP) is 7.90. The van der Waals surface area contributed by atoms with E-state index in [4.69, 9.17) is 4.74 Å². The lowest BCUT2D eigenvalue weighted by molar-refractivity contribution is 0.0413. The van der Waals surface area contributed by atoms with Crippen LogP contribution in [0.5, 0.6) is 0 Å². The molecule has 1 unspecified atom stereocenters. The first kappa shape index (κ1) is 25.9.